The van der Waals surface area contributed by atoms with Crippen LogP contribution < -0.4 is 0 Å². The van der Waals surface area contributed by atoms with E-state index in [0.29, 0.717) is 17.4 Å². The van der Waals surface area contributed by atoms with Gasteiger partial charge >= 0.3 is 0 Å². The first kappa shape index (κ1) is 15.8. The second kappa shape index (κ2) is 6.03. The van der Waals surface area contributed by atoms with Crippen LogP contribution in [0.3, 0.4) is 0 Å². The van der Waals surface area contributed by atoms with Crippen molar-refractivity contribution < 1.29 is 4.43 Å². The van der Waals surface area contributed by atoms with Gasteiger partial charge in [0.05, 0.1) is 0 Å². The molecule has 0 heterocycles. The van der Waals surface area contributed by atoms with Gasteiger partial charge in [-0.2, -0.15) is 0 Å². The summed E-state index contributed by atoms with van der Waals surface area (Å²) in [4.78, 5) is 0. The summed E-state index contributed by atoms with van der Waals surface area (Å²) in [6, 6.07) is 14.7. The molecule has 0 N–H and O–H groups in total. The van der Waals surface area contributed by atoms with Gasteiger partial charge in [0, 0.05) is 6.10 Å². The molecule has 0 spiro atoms. The van der Waals surface area contributed by atoms with Crippen LogP contribution in [0, 0.1) is 5.41 Å². The summed E-state index contributed by atoms with van der Waals surface area (Å²) in [5.74, 6) is 0.691. The molecule has 0 saturated heterocycles. The summed E-state index contributed by atoms with van der Waals surface area (Å²) < 4.78 is 6.70. The third-order valence-corrected chi connectivity index (χ3v) is 10.5. The Morgan fingerprint density at radius 1 is 1.15 bits per heavy atom. The number of hydrogen-bond acceptors (Lipinski definition) is 1. The monoisotopic (exact) mass is 290 g/mol. The molecule has 1 aromatic rings. The molecule has 0 unspecified atom stereocenters. The number of benzene rings is 1. The lowest BCUT2D eigenvalue weighted by molar-refractivity contribution is 0.130. The lowest BCUT2D eigenvalue weighted by atomic mass is 9.96. The van der Waals surface area contributed by atoms with Gasteiger partial charge in [0.15, 0.2) is 8.32 Å². The van der Waals surface area contributed by atoms with Crippen LogP contribution in [-0.2, 0) is 4.43 Å². The van der Waals surface area contributed by atoms with Crippen LogP contribution in [-0.4, -0.2) is 14.4 Å². The lowest BCUT2D eigenvalue weighted by Crippen LogP contribution is -2.41. The summed E-state index contributed by atoms with van der Waals surface area (Å²) in [6.45, 7) is 11.7. The normalized spacial score (nSPS) is 27.4. The molecule has 2 heteroatoms. The third kappa shape index (κ3) is 2.87. The standard InChI is InChI=1S/C18H30OSi/c1-6-20(7-2,8-3)19-15(4)18(5)14-17(18)16-12-10-9-11-13-16/h9-13,15,17H,6-8,14H2,1-5H3/t15-,17-,18-/m0/s1. The fraction of sp³-hybridized carbons (Fsp3) is 0.667. The molecular weight excluding hydrogens is 260 g/mol. The van der Waals surface area contributed by atoms with Crippen molar-refractivity contribution in [3.8, 4) is 0 Å². The van der Waals surface area contributed by atoms with Crippen molar-refractivity contribution in [1.82, 2.24) is 0 Å². The quantitative estimate of drug-likeness (QED) is 0.595. The first-order valence-electron chi connectivity index (χ1n) is 8.24. The van der Waals surface area contributed by atoms with Crippen LogP contribution >= 0.6 is 0 Å². The van der Waals surface area contributed by atoms with Gasteiger partial charge in [-0.05, 0) is 48.4 Å². The summed E-state index contributed by atoms with van der Waals surface area (Å²) in [5, 5.41) is 0. The molecule has 0 radical (unpaired) electrons. The van der Waals surface area contributed by atoms with Gasteiger partial charge in [-0.1, -0.05) is 58.0 Å². The first-order chi connectivity index (χ1) is 9.51. The van der Waals surface area contributed by atoms with E-state index in [0.717, 1.165) is 0 Å². The Morgan fingerprint density at radius 2 is 1.70 bits per heavy atom. The predicted molar refractivity (Wildman–Crippen MR) is 89.7 cm³/mol. The van der Waals surface area contributed by atoms with Crippen molar-refractivity contribution in [2.45, 2.75) is 71.2 Å². The maximum absolute atomic E-state index is 6.70. The Balaban J connectivity index is 2.05. The van der Waals surface area contributed by atoms with Gasteiger partial charge in [-0.3, -0.25) is 0 Å². The molecule has 0 amide bonds. The second-order valence-corrected chi connectivity index (χ2v) is 11.4. The lowest BCUT2D eigenvalue weighted by Gasteiger charge is -2.35. The van der Waals surface area contributed by atoms with Gasteiger partial charge < -0.3 is 4.43 Å². The molecule has 1 fully saturated rings. The smallest absolute Gasteiger partial charge is 0.192 e. The van der Waals surface area contributed by atoms with Crippen molar-refractivity contribution in [2.75, 3.05) is 0 Å². The molecule has 1 aliphatic carbocycles. The molecule has 1 nitrogen and oxygen atoms in total. The minimum absolute atomic E-state index is 0.346. The molecule has 112 valence electrons. The maximum Gasteiger partial charge on any atom is 0.192 e. The number of rotatable bonds is 7. The average molecular weight is 291 g/mol. The zero-order valence-electron chi connectivity index (χ0n) is 13.8. The molecule has 20 heavy (non-hydrogen) atoms. The van der Waals surface area contributed by atoms with E-state index in [1.54, 1.807) is 0 Å². The molecule has 0 aliphatic heterocycles. The molecule has 1 aromatic carbocycles. The van der Waals surface area contributed by atoms with Crippen molar-refractivity contribution in [3.05, 3.63) is 35.9 Å². The van der Waals surface area contributed by atoms with E-state index in [1.807, 2.05) is 0 Å². The molecule has 0 bridgehead atoms. The number of hydrogen-bond donors (Lipinski definition) is 0. The van der Waals surface area contributed by atoms with Gasteiger partial charge in [-0.15, -0.1) is 0 Å². The summed E-state index contributed by atoms with van der Waals surface area (Å²) >= 11 is 0. The van der Waals surface area contributed by atoms with Crippen LogP contribution in [0.25, 0.3) is 0 Å². The Morgan fingerprint density at radius 3 is 2.20 bits per heavy atom. The first-order valence-corrected chi connectivity index (χ1v) is 10.8. The van der Waals surface area contributed by atoms with E-state index in [4.69, 9.17) is 4.43 Å². The van der Waals surface area contributed by atoms with E-state index in [2.05, 4.69) is 65.0 Å². The van der Waals surface area contributed by atoms with Crippen molar-refractivity contribution >= 4 is 8.32 Å². The second-order valence-electron chi connectivity index (χ2n) is 6.68. The molecule has 0 aromatic heterocycles. The Hall–Kier alpha value is -0.603. The Bertz CT molecular complexity index is 418. The van der Waals surface area contributed by atoms with Crippen molar-refractivity contribution in [1.29, 1.82) is 0 Å². The highest BCUT2D eigenvalue weighted by molar-refractivity contribution is 6.73. The average Bonchev–Trinajstić information content (AvgIpc) is 3.19. The zero-order valence-corrected chi connectivity index (χ0v) is 14.8. The molecular formula is C18H30OSi. The molecule has 2 rings (SSSR count). The van der Waals surface area contributed by atoms with Crippen LogP contribution in [0.5, 0.6) is 0 Å². The van der Waals surface area contributed by atoms with Crippen LogP contribution in [0.2, 0.25) is 18.1 Å². The van der Waals surface area contributed by atoms with E-state index in [-0.39, 0.29) is 0 Å². The van der Waals surface area contributed by atoms with Crippen molar-refractivity contribution in [2.24, 2.45) is 5.41 Å². The molecule has 1 aliphatic rings. The topological polar surface area (TPSA) is 9.23 Å². The van der Waals surface area contributed by atoms with Crippen LogP contribution in [0.1, 0.15) is 52.5 Å². The Kier molecular flexibility index (Phi) is 4.75. The maximum atomic E-state index is 6.70. The van der Waals surface area contributed by atoms with E-state index < -0.39 is 8.32 Å². The highest BCUT2D eigenvalue weighted by atomic mass is 28.4. The minimum atomic E-state index is -1.48. The van der Waals surface area contributed by atoms with Crippen LogP contribution in [0.15, 0.2) is 30.3 Å². The fourth-order valence-corrected chi connectivity index (χ4v) is 6.54. The minimum Gasteiger partial charge on any atom is -0.414 e. The van der Waals surface area contributed by atoms with Gasteiger partial charge in [0.2, 0.25) is 0 Å². The highest BCUT2D eigenvalue weighted by Crippen LogP contribution is 2.62. The van der Waals surface area contributed by atoms with Crippen LogP contribution in [0.4, 0.5) is 0 Å². The van der Waals surface area contributed by atoms with E-state index in [1.165, 1.54) is 30.1 Å². The van der Waals surface area contributed by atoms with E-state index >= 15 is 0 Å². The van der Waals surface area contributed by atoms with Gasteiger partial charge in [-0.25, -0.2) is 0 Å². The van der Waals surface area contributed by atoms with Gasteiger partial charge in [0.1, 0.15) is 0 Å². The SMILES string of the molecule is CC[Si](CC)(CC)O[C@@H](C)[C@]1(C)C[C@H]1c1ccccc1. The third-order valence-electron chi connectivity index (χ3n) is 5.77. The summed E-state index contributed by atoms with van der Waals surface area (Å²) in [7, 11) is -1.48. The zero-order chi connectivity index (χ0) is 14.8. The predicted octanol–water partition coefficient (Wildman–Crippen LogP) is 5.59. The van der Waals surface area contributed by atoms with E-state index in [9.17, 15) is 0 Å². The largest absolute Gasteiger partial charge is 0.414 e. The summed E-state index contributed by atoms with van der Waals surface area (Å²) in [5.41, 5.74) is 1.83. The Labute approximate surface area is 125 Å². The summed E-state index contributed by atoms with van der Waals surface area (Å²) in [6.07, 6.45) is 1.67. The molecule has 1 saturated carbocycles. The highest BCUT2D eigenvalue weighted by Gasteiger charge is 2.55. The molecule has 3 atom stereocenters. The van der Waals surface area contributed by atoms with Crippen molar-refractivity contribution in [3.63, 3.8) is 0 Å². The van der Waals surface area contributed by atoms with Gasteiger partial charge in [0.25, 0.3) is 0 Å². The fourth-order valence-electron chi connectivity index (χ4n) is 3.52.